The molecular weight excluding hydrogens is 362 g/mol. The molecule has 0 amide bonds. The molecule has 3 rings (SSSR count). The van der Waals surface area contributed by atoms with Crippen molar-refractivity contribution >= 4 is 0 Å². The van der Waals surface area contributed by atoms with E-state index in [1.165, 1.54) is 24.4 Å². The topological polar surface area (TPSA) is 61.0 Å². The van der Waals surface area contributed by atoms with Gasteiger partial charge < -0.3 is 10.5 Å². The predicted molar refractivity (Wildman–Crippen MR) is 92.8 cm³/mol. The maximum atomic E-state index is 13.5. The van der Waals surface area contributed by atoms with Crippen molar-refractivity contribution in [1.82, 2.24) is 9.97 Å². The maximum Gasteiger partial charge on any atom is 0.284 e. The summed E-state index contributed by atoms with van der Waals surface area (Å²) in [7, 11) is 0. The summed E-state index contributed by atoms with van der Waals surface area (Å²) >= 11 is 0. The summed E-state index contributed by atoms with van der Waals surface area (Å²) in [6, 6.07) is 5.41. The van der Waals surface area contributed by atoms with Crippen molar-refractivity contribution in [2.45, 2.75) is 44.6 Å². The number of nitrogens with zero attached hydrogens (tertiary/aromatic N) is 2. The van der Waals surface area contributed by atoms with Gasteiger partial charge in [0.2, 0.25) is 0 Å². The van der Waals surface area contributed by atoms with Crippen LogP contribution in [-0.4, -0.2) is 22.1 Å². The van der Waals surface area contributed by atoms with Crippen molar-refractivity contribution in [3.63, 3.8) is 0 Å². The minimum atomic E-state index is -2.87. The van der Waals surface area contributed by atoms with Gasteiger partial charge in [-0.05, 0) is 43.5 Å². The summed E-state index contributed by atoms with van der Waals surface area (Å²) in [5.74, 6) is 0.527. The number of aromatic nitrogens is 2. The highest BCUT2D eigenvalue weighted by Crippen LogP contribution is 2.37. The first kappa shape index (κ1) is 19.5. The van der Waals surface area contributed by atoms with Crippen LogP contribution in [0.1, 0.15) is 50.4 Å². The molecule has 2 aromatic rings. The van der Waals surface area contributed by atoms with Crippen LogP contribution in [-0.2, 0) is 0 Å². The highest BCUT2D eigenvalue weighted by atomic mass is 19.3. The van der Waals surface area contributed by atoms with E-state index in [2.05, 4.69) is 9.97 Å². The molecule has 1 fully saturated rings. The van der Waals surface area contributed by atoms with E-state index in [0.29, 0.717) is 5.92 Å². The Bertz CT molecular complexity index is 794. The van der Waals surface area contributed by atoms with Gasteiger partial charge >= 0.3 is 0 Å². The largest absolute Gasteiger partial charge is 0.490 e. The Morgan fingerprint density at radius 1 is 1.19 bits per heavy atom. The highest BCUT2D eigenvalue weighted by molar-refractivity contribution is 5.60. The number of hydrogen-bond donors (Lipinski definition) is 1. The fourth-order valence-electron chi connectivity index (χ4n) is 2.91. The molecule has 1 aliphatic carbocycles. The molecule has 8 heteroatoms. The van der Waals surface area contributed by atoms with Gasteiger partial charge in [-0.2, -0.15) is 0 Å². The summed E-state index contributed by atoms with van der Waals surface area (Å²) in [6.45, 7) is 1.92. The number of rotatable bonds is 8. The van der Waals surface area contributed by atoms with Crippen LogP contribution in [0.15, 0.2) is 30.5 Å². The third-order valence-corrected chi connectivity index (χ3v) is 4.40. The molecule has 2 aromatic heterocycles. The predicted octanol–water partition coefficient (Wildman–Crippen LogP) is 4.92. The van der Waals surface area contributed by atoms with Crippen LogP contribution in [0, 0.1) is 5.92 Å². The lowest BCUT2D eigenvalue weighted by Gasteiger charge is -2.25. The average Bonchev–Trinajstić information content (AvgIpc) is 3.43. The van der Waals surface area contributed by atoms with Crippen LogP contribution in [0.3, 0.4) is 0 Å². The lowest BCUT2D eigenvalue weighted by Crippen LogP contribution is -2.43. The monoisotopic (exact) mass is 383 g/mol. The Hall–Kier alpha value is -2.22. The van der Waals surface area contributed by atoms with Gasteiger partial charge in [-0.15, -0.1) is 0 Å². The van der Waals surface area contributed by atoms with E-state index in [9.17, 15) is 17.6 Å². The molecule has 0 aliphatic heterocycles. The molecule has 2 heterocycles. The second-order valence-corrected chi connectivity index (χ2v) is 7.24. The Balaban J connectivity index is 1.81. The number of halogens is 4. The quantitative estimate of drug-likeness (QED) is 0.658. The van der Waals surface area contributed by atoms with Crippen LogP contribution in [0.2, 0.25) is 0 Å². The van der Waals surface area contributed by atoms with Gasteiger partial charge in [0.05, 0.1) is 5.69 Å². The second kappa shape index (κ2) is 7.80. The summed E-state index contributed by atoms with van der Waals surface area (Å²) < 4.78 is 58.1. The van der Waals surface area contributed by atoms with E-state index in [1.54, 1.807) is 0 Å². The van der Waals surface area contributed by atoms with Crippen LogP contribution >= 0.6 is 0 Å². The fourth-order valence-corrected chi connectivity index (χ4v) is 2.91. The van der Waals surface area contributed by atoms with Crippen molar-refractivity contribution in [2.75, 3.05) is 6.61 Å². The van der Waals surface area contributed by atoms with Gasteiger partial charge in [0.25, 0.3) is 12.9 Å². The molecule has 0 saturated heterocycles. The van der Waals surface area contributed by atoms with Crippen molar-refractivity contribution in [1.29, 1.82) is 0 Å². The van der Waals surface area contributed by atoms with Gasteiger partial charge in [0, 0.05) is 17.3 Å². The Morgan fingerprint density at radius 3 is 2.56 bits per heavy atom. The van der Waals surface area contributed by atoms with Crippen molar-refractivity contribution in [3.05, 3.63) is 41.9 Å². The highest BCUT2D eigenvalue weighted by Gasteiger charge is 2.31. The van der Waals surface area contributed by atoms with Crippen LogP contribution < -0.4 is 10.5 Å². The van der Waals surface area contributed by atoms with E-state index < -0.39 is 29.8 Å². The van der Waals surface area contributed by atoms with Gasteiger partial charge in [0.15, 0.2) is 0 Å². The summed E-state index contributed by atoms with van der Waals surface area (Å²) in [6.07, 6.45) is -1.38. The lowest BCUT2D eigenvalue weighted by atomic mass is 9.97. The fraction of sp³-hybridized carbons (Fsp3) is 0.474. The van der Waals surface area contributed by atoms with E-state index in [4.69, 9.17) is 10.5 Å². The molecule has 146 valence electrons. The van der Waals surface area contributed by atoms with Gasteiger partial charge in [-0.1, -0.05) is 12.8 Å². The number of alkyl halides is 4. The third kappa shape index (κ3) is 5.15. The standard InChI is InChI=1S/C19H21F4N3O/c1-19(24,9-11-2-3-11)10-27-15-5-4-13(26-16(15)18(22)23)12-6-7-25-14(8-12)17(20)21/h4-8,11,17-18H,2-3,9-10,24H2,1H3. The van der Waals surface area contributed by atoms with Crippen LogP contribution in [0.4, 0.5) is 17.6 Å². The van der Waals surface area contributed by atoms with Crippen LogP contribution in [0.25, 0.3) is 11.3 Å². The van der Waals surface area contributed by atoms with E-state index >= 15 is 0 Å². The number of pyridine rings is 2. The van der Waals surface area contributed by atoms with Crippen molar-refractivity contribution in [2.24, 2.45) is 11.7 Å². The first-order chi connectivity index (χ1) is 12.7. The molecule has 0 bridgehead atoms. The summed E-state index contributed by atoms with van der Waals surface area (Å²) in [5, 5.41) is 0. The molecule has 0 radical (unpaired) electrons. The minimum Gasteiger partial charge on any atom is -0.490 e. The zero-order chi connectivity index (χ0) is 19.6. The van der Waals surface area contributed by atoms with Crippen molar-refractivity contribution in [3.8, 4) is 17.0 Å². The first-order valence-corrected chi connectivity index (χ1v) is 8.70. The van der Waals surface area contributed by atoms with E-state index in [0.717, 1.165) is 25.3 Å². The molecule has 0 spiro atoms. The molecule has 4 nitrogen and oxygen atoms in total. The average molecular weight is 383 g/mol. The van der Waals surface area contributed by atoms with E-state index in [1.807, 2.05) is 6.92 Å². The molecule has 1 aliphatic rings. The number of ether oxygens (including phenoxy) is 1. The molecule has 27 heavy (non-hydrogen) atoms. The Morgan fingerprint density at radius 2 is 1.93 bits per heavy atom. The Kier molecular flexibility index (Phi) is 5.64. The minimum absolute atomic E-state index is 0.0515. The maximum absolute atomic E-state index is 13.5. The van der Waals surface area contributed by atoms with Crippen molar-refractivity contribution < 1.29 is 22.3 Å². The van der Waals surface area contributed by atoms with Gasteiger partial charge in [-0.3, -0.25) is 4.98 Å². The Labute approximate surface area is 154 Å². The smallest absolute Gasteiger partial charge is 0.284 e. The summed E-state index contributed by atoms with van der Waals surface area (Å²) in [4.78, 5) is 7.49. The summed E-state index contributed by atoms with van der Waals surface area (Å²) in [5.41, 5.74) is 5.03. The molecule has 2 N–H and O–H groups in total. The normalized spacial score (nSPS) is 16.6. The first-order valence-electron chi connectivity index (χ1n) is 8.70. The lowest BCUT2D eigenvalue weighted by molar-refractivity contribution is 0.135. The SMILES string of the molecule is CC(N)(COc1ccc(-c2ccnc(C(F)F)c2)nc1C(F)F)CC1CC1. The third-order valence-electron chi connectivity index (χ3n) is 4.40. The molecule has 1 saturated carbocycles. The van der Waals surface area contributed by atoms with Gasteiger partial charge in [0.1, 0.15) is 23.7 Å². The number of nitrogens with two attached hydrogens (primary N) is 1. The van der Waals surface area contributed by atoms with E-state index in [-0.39, 0.29) is 23.6 Å². The molecular formula is C19H21F4N3O. The molecule has 1 atom stereocenters. The zero-order valence-corrected chi connectivity index (χ0v) is 14.8. The zero-order valence-electron chi connectivity index (χ0n) is 14.8. The molecule has 1 unspecified atom stereocenters. The van der Waals surface area contributed by atoms with Gasteiger partial charge in [-0.25, -0.2) is 22.5 Å². The number of hydrogen-bond acceptors (Lipinski definition) is 4. The molecule has 0 aromatic carbocycles. The van der Waals surface area contributed by atoms with Crippen LogP contribution in [0.5, 0.6) is 5.75 Å². The second-order valence-electron chi connectivity index (χ2n) is 7.24.